The monoisotopic (exact) mass is 354 g/mol. The van der Waals surface area contributed by atoms with Crippen LogP contribution in [0.2, 0.25) is 0 Å². The molecule has 0 N–H and O–H groups in total. The molecule has 0 spiro atoms. The number of esters is 1. The normalized spacial score (nSPS) is 13.6. The third kappa shape index (κ3) is 15.4. The number of hydrogen-bond acceptors (Lipinski definition) is 2. The summed E-state index contributed by atoms with van der Waals surface area (Å²) < 4.78 is 4.68. The lowest BCUT2D eigenvalue weighted by Gasteiger charge is -2.19. The van der Waals surface area contributed by atoms with E-state index in [2.05, 4.69) is 25.5 Å². The van der Waals surface area contributed by atoms with Gasteiger partial charge in [0.2, 0.25) is 0 Å². The lowest BCUT2D eigenvalue weighted by Crippen LogP contribution is -2.05. The molecule has 0 radical (unpaired) electrons. The molecule has 0 saturated carbocycles. The zero-order chi connectivity index (χ0) is 18.8. The van der Waals surface area contributed by atoms with Crippen molar-refractivity contribution < 1.29 is 9.53 Å². The van der Waals surface area contributed by atoms with Crippen LogP contribution in [-0.4, -0.2) is 13.1 Å². The zero-order valence-electron chi connectivity index (χ0n) is 17.8. The van der Waals surface area contributed by atoms with E-state index in [0.717, 1.165) is 18.3 Å². The molecule has 0 saturated heterocycles. The molecule has 0 bridgehead atoms. The number of methoxy groups -OCH3 is 1. The Kier molecular flexibility index (Phi) is 17.9. The molecule has 0 amide bonds. The van der Waals surface area contributed by atoms with E-state index in [1.165, 1.54) is 97.0 Å². The van der Waals surface area contributed by atoms with Gasteiger partial charge in [-0.3, -0.25) is 4.79 Å². The Morgan fingerprint density at radius 3 is 1.64 bits per heavy atom. The molecule has 0 aliphatic rings. The highest BCUT2D eigenvalue weighted by Gasteiger charge is 2.11. The number of rotatable bonds is 18. The summed E-state index contributed by atoms with van der Waals surface area (Å²) in [5.74, 6) is 1.83. The summed E-state index contributed by atoms with van der Waals surface area (Å²) >= 11 is 0. The van der Waals surface area contributed by atoms with E-state index in [-0.39, 0.29) is 5.97 Å². The van der Waals surface area contributed by atoms with Crippen molar-refractivity contribution in [1.82, 2.24) is 0 Å². The fraction of sp³-hybridized carbons (Fsp3) is 0.957. The fourth-order valence-electron chi connectivity index (χ4n) is 3.77. The third-order valence-electron chi connectivity index (χ3n) is 5.82. The maximum atomic E-state index is 11.1. The first-order chi connectivity index (χ1) is 12.2. The van der Waals surface area contributed by atoms with Gasteiger partial charge in [0.05, 0.1) is 7.11 Å². The summed E-state index contributed by atoms with van der Waals surface area (Å²) in [4.78, 5) is 11.1. The molecule has 0 aromatic carbocycles. The molecule has 150 valence electrons. The number of hydrogen-bond donors (Lipinski definition) is 0. The molecule has 2 nitrogen and oxygen atoms in total. The minimum Gasteiger partial charge on any atom is -0.469 e. The predicted octanol–water partition coefficient (Wildman–Crippen LogP) is 7.69. The Morgan fingerprint density at radius 1 is 0.680 bits per heavy atom. The maximum absolute atomic E-state index is 11.1. The number of carbonyl (C=O) groups excluding carboxylic acids is 1. The van der Waals surface area contributed by atoms with Crippen LogP contribution >= 0.6 is 0 Å². The summed E-state index contributed by atoms with van der Waals surface area (Å²) in [7, 11) is 1.47. The summed E-state index contributed by atoms with van der Waals surface area (Å²) in [6.45, 7) is 7.03. The maximum Gasteiger partial charge on any atom is 0.305 e. The van der Waals surface area contributed by atoms with Crippen LogP contribution < -0.4 is 0 Å². The SMILES string of the molecule is CCCCCCC(CC)CCC(CC)CCCCCCCC(=O)OC. The molecule has 2 unspecified atom stereocenters. The first kappa shape index (κ1) is 24.5. The molecule has 2 heteroatoms. The summed E-state index contributed by atoms with van der Waals surface area (Å²) in [6.07, 6.45) is 20.8. The standard InChI is InChI=1S/C23H46O2/c1-5-8-9-13-16-21(6-2)19-20-22(7-3)17-14-11-10-12-15-18-23(24)25-4/h21-22H,5-20H2,1-4H3. The van der Waals surface area contributed by atoms with E-state index in [1.54, 1.807) is 0 Å². The molecule has 0 aromatic rings. The van der Waals surface area contributed by atoms with Crippen molar-refractivity contribution in [2.45, 2.75) is 124 Å². The van der Waals surface area contributed by atoms with Gasteiger partial charge < -0.3 is 4.74 Å². The molecule has 0 aliphatic carbocycles. The first-order valence-corrected chi connectivity index (χ1v) is 11.2. The Labute approximate surface area is 158 Å². The van der Waals surface area contributed by atoms with E-state index in [0.29, 0.717) is 6.42 Å². The Balaban J connectivity index is 3.67. The molecule has 0 aliphatic heterocycles. The quantitative estimate of drug-likeness (QED) is 0.186. The molecule has 25 heavy (non-hydrogen) atoms. The van der Waals surface area contributed by atoms with Gasteiger partial charge >= 0.3 is 5.97 Å². The molecular weight excluding hydrogens is 308 g/mol. The predicted molar refractivity (Wildman–Crippen MR) is 110 cm³/mol. The second-order valence-electron chi connectivity index (χ2n) is 7.86. The van der Waals surface area contributed by atoms with E-state index < -0.39 is 0 Å². The molecule has 0 aromatic heterocycles. The van der Waals surface area contributed by atoms with E-state index >= 15 is 0 Å². The van der Waals surface area contributed by atoms with Gasteiger partial charge in [0, 0.05) is 6.42 Å². The van der Waals surface area contributed by atoms with Crippen LogP contribution in [0.15, 0.2) is 0 Å². The number of ether oxygens (including phenoxy) is 1. The van der Waals surface area contributed by atoms with Gasteiger partial charge in [-0.1, -0.05) is 111 Å². The Bertz CT molecular complexity index is 288. The smallest absolute Gasteiger partial charge is 0.305 e. The first-order valence-electron chi connectivity index (χ1n) is 11.2. The lowest BCUT2D eigenvalue weighted by atomic mass is 9.86. The zero-order valence-corrected chi connectivity index (χ0v) is 17.8. The van der Waals surface area contributed by atoms with Gasteiger partial charge in [-0.05, 0) is 18.3 Å². The van der Waals surface area contributed by atoms with Crippen LogP contribution in [0, 0.1) is 11.8 Å². The summed E-state index contributed by atoms with van der Waals surface area (Å²) in [5, 5.41) is 0. The second-order valence-corrected chi connectivity index (χ2v) is 7.86. The van der Waals surface area contributed by atoms with Crippen LogP contribution in [0.25, 0.3) is 0 Å². The van der Waals surface area contributed by atoms with Crippen molar-refractivity contribution in [1.29, 1.82) is 0 Å². The molecule has 0 fully saturated rings. The Morgan fingerprint density at radius 2 is 1.16 bits per heavy atom. The van der Waals surface area contributed by atoms with Crippen molar-refractivity contribution in [2.75, 3.05) is 7.11 Å². The van der Waals surface area contributed by atoms with Crippen LogP contribution in [0.3, 0.4) is 0 Å². The lowest BCUT2D eigenvalue weighted by molar-refractivity contribution is -0.140. The fourth-order valence-corrected chi connectivity index (χ4v) is 3.77. The van der Waals surface area contributed by atoms with E-state index in [9.17, 15) is 4.79 Å². The minimum absolute atomic E-state index is 0.0637. The van der Waals surface area contributed by atoms with Gasteiger partial charge in [-0.15, -0.1) is 0 Å². The molecule has 0 rings (SSSR count). The largest absolute Gasteiger partial charge is 0.469 e. The molecule has 2 atom stereocenters. The van der Waals surface area contributed by atoms with Gasteiger partial charge in [0.25, 0.3) is 0 Å². The van der Waals surface area contributed by atoms with Crippen molar-refractivity contribution in [3.05, 3.63) is 0 Å². The Hall–Kier alpha value is -0.530. The average molecular weight is 355 g/mol. The minimum atomic E-state index is -0.0637. The van der Waals surface area contributed by atoms with Gasteiger partial charge in [-0.25, -0.2) is 0 Å². The van der Waals surface area contributed by atoms with Gasteiger partial charge in [0.15, 0.2) is 0 Å². The van der Waals surface area contributed by atoms with Crippen molar-refractivity contribution >= 4 is 5.97 Å². The second kappa shape index (κ2) is 18.3. The van der Waals surface area contributed by atoms with Crippen LogP contribution in [0.4, 0.5) is 0 Å². The number of unbranched alkanes of at least 4 members (excludes halogenated alkanes) is 7. The topological polar surface area (TPSA) is 26.3 Å². The third-order valence-corrected chi connectivity index (χ3v) is 5.82. The average Bonchev–Trinajstić information content (AvgIpc) is 2.64. The summed E-state index contributed by atoms with van der Waals surface area (Å²) in [5.41, 5.74) is 0. The summed E-state index contributed by atoms with van der Waals surface area (Å²) in [6, 6.07) is 0. The van der Waals surface area contributed by atoms with Crippen LogP contribution in [0.1, 0.15) is 124 Å². The van der Waals surface area contributed by atoms with E-state index in [1.807, 2.05) is 0 Å². The highest BCUT2D eigenvalue weighted by Crippen LogP contribution is 2.26. The molecule has 0 heterocycles. The highest BCUT2D eigenvalue weighted by atomic mass is 16.5. The van der Waals surface area contributed by atoms with Crippen molar-refractivity contribution in [3.63, 3.8) is 0 Å². The highest BCUT2D eigenvalue weighted by molar-refractivity contribution is 5.68. The van der Waals surface area contributed by atoms with Gasteiger partial charge in [0.1, 0.15) is 0 Å². The van der Waals surface area contributed by atoms with Crippen LogP contribution in [0.5, 0.6) is 0 Å². The van der Waals surface area contributed by atoms with Gasteiger partial charge in [-0.2, -0.15) is 0 Å². The number of carbonyl (C=O) groups is 1. The van der Waals surface area contributed by atoms with Crippen molar-refractivity contribution in [2.24, 2.45) is 11.8 Å². The molecular formula is C23H46O2. The van der Waals surface area contributed by atoms with Crippen molar-refractivity contribution in [3.8, 4) is 0 Å². The van der Waals surface area contributed by atoms with Crippen LogP contribution in [-0.2, 0) is 9.53 Å². The van der Waals surface area contributed by atoms with E-state index in [4.69, 9.17) is 0 Å².